The summed E-state index contributed by atoms with van der Waals surface area (Å²) in [6.07, 6.45) is 0. The van der Waals surface area contributed by atoms with Gasteiger partial charge in [-0.2, -0.15) is 0 Å². The van der Waals surface area contributed by atoms with E-state index in [0.717, 1.165) is 0 Å². The molecule has 112 valence electrons. The summed E-state index contributed by atoms with van der Waals surface area (Å²) >= 11 is 0. The minimum Gasteiger partial charge on any atom is -0.480 e. The summed E-state index contributed by atoms with van der Waals surface area (Å²) < 4.78 is 23.6. The number of rotatable bonds is 5. The van der Waals surface area contributed by atoms with Crippen molar-refractivity contribution in [2.24, 2.45) is 0 Å². The molecule has 6 nitrogen and oxygen atoms in total. The number of carboxylic acid groups (broad SMARTS) is 1. The van der Waals surface area contributed by atoms with E-state index >= 15 is 0 Å². The SMILES string of the molecule is COCC(NC(=O)c1oc2c(F)cccc2c1C)C(=O)O. The van der Waals surface area contributed by atoms with Gasteiger partial charge in [-0.05, 0) is 13.0 Å². The molecular formula is C14H14FNO5. The fourth-order valence-electron chi connectivity index (χ4n) is 1.99. The number of halogens is 1. The molecule has 0 saturated heterocycles. The Morgan fingerprint density at radius 3 is 2.76 bits per heavy atom. The highest BCUT2D eigenvalue weighted by molar-refractivity contribution is 6.00. The van der Waals surface area contributed by atoms with Gasteiger partial charge in [0.05, 0.1) is 6.61 Å². The third kappa shape index (κ3) is 2.87. The van der Waals surface area contributed by atoms with Crippen LogP contribution in [0.2, 0.25) is 0 Å². The maximum Gasteiger partial charge on any atom is 0.328 e. The van der Waals surface area contributed by atoms with Crippen molar-refractivity contribution >= 4 is 22.8 Å². The summed E-state index contributed by atoms with van der Waals surface area (Å²) in [5.74, 6) is -2.66. The number of hydrogen-bond donors (Lipinski definition) is 2. The van der Waals surface area contributed by atoms with E-state index in [0.29, 0.717) is 10.9 Å². The lowest BCUT2D eigenvalue weighted by molar-refractivity contribution is -0.140. The largest absolute Gasteiger partial charge is 0.480 e. The number of hydrogen-bond acceptors (Lipinski definition) is 4. The van der Waals surface area contributed by atoms with E-state index < -0.39 is 23.7 Å². The van der Waals surface area contributed by atoms with Crippen molar-refractivity contribution < 1.29 is 28.2 Å². The van der Waals surface area contributed by atoms with Gasteiger partial charge in [0.15, 0.2) is 23.2 Å². The fourth-order valence-corrected chi connectivity index (χ4v) is 1.99. The highest BCUT2D eigenvalue weighted by Gasteiger charge is 2.25. The molecule has 1 amide bonds. The molecule has 1 unspecified atom stereocenters. The molecule has 21 heavy (non-hydrogen) atoms. The van der Waals surface area contributed by atoms with Gasteiger partial charge in [0, 0.05) is 18.1 Å². The molecule has 0 saturated carbocycles. The molecule has 2 N–H and O–H groups in total. The number of aliphatic carboxylic acids is 1. The van der Waals surface area contributed by atoms with Crippen LogP contribution in [0, 0.1) is 12.7 Å². The second-order valence-electron chi connectivity index (χ2n) is 4.49. The van der Waals surface area contributed by atoms with Crippen LogP contribution >= 0.6 is 0 Å². The maximum absolute atomic E-state index is 13.6. The van der Waals surface area contributed by atoms with Crippen molar-refractivity contribution in [2.75, 3.05) is 13.7 Å². The van der Waals surface area contributed by atoms with Crippen LogP contribution < -0.4 is 5.32 Å². The Morgan fingerprint density at radius 2 is 2.19 bits per heavy atom. The van der Waals surface area contributed by atoms with Crippen LogP contribution in [0.5, 0.6) is 0 Å². The van der Waals surface area contributed by atoms with E-state index in [2.05, 4.69) is 5.32 Å². The van der Waals surface area contributed by atoms with Crippen LogP contribution in [0.15, 0.2) is 22.6 Å². The number of amides is 1. The van der Waals surface area contributed by atoms with Gasteiger partial charge in [-0.25, -0.2) is 9.18 Å². The van der Waals surface area contributed by atoms with Crippen LogP contribution in [0.3, 0.4) is 0 Å². The predicted octanol–water partition coefficient (Wildman–Crippen LogP) is 1.71. The first-order valence-electron chi connectivity index (χ1n) is 6.16. The number of ether oxygens (including phenoxy) is 1. The second kappa shape index (κ2) is 5.92. The van der Waals surface area contributed by atoms with Crippen LogP contribution in [-0.2, 0) is 9.53 Å². The number of nitrogens with one attached hydrogen (secondary N) is 1. The van der Waals surface area contributed by atoms with Crippen molar-refractivity contribution in [3.63, 3.8) is 0 Å². The van der Waals surface area contributed by atoms with E-state index in [4.69, 9.17) is 14.3 Å². The number of para-hydroxylation sites is 1. The standard InChI is InChI=1S/C14H14FNO5/c1-7-8-4-3-5-9(15)12(8)21-11(7)13(17)16-10(6-20-2)14(18)19/h3-5,10H,6H2,1-2H3,(H,16,17)(H,18,19). The van der Waals surface area contributed by atoms with E-state index in [-0.39, 0.29) is 18.0 Å². The Balaban J connectivity index is 2.33. The maximum atomic E-state index is 13.6. The monoisotopic (exact) mass is 295 g/mol. The van der Waals surface area contributed by atoms with Crippen molar-refractivity contribution in [1.29, 1.82) is 0 Å². The summed E-state index contributed by atoms with van der Waals surface area (Å²) in [6, 6.07) is 3.14. The first-order valence-corrected chi connectivity index (χ1v) is 6.16. The van der Waals surface area contributed by atoms with E-state index in [1.54, 1.807) is 13.0 Å². The Labute approximate surface area is 119 Å². The van der Waals surface area contributed by atoms with E-state index in [9.17, 15) is 14.0 Å². The molecule has 1 aromatic heterocycles. The lowest BCUT2D eigenvalue weighted by atomic mass is 10.1. The minimum absolute atomic E-state index is 0.0289. The van der Waals surface area contributed by atoms with Crippen LogP contribution in [-0.4, -0.2) is 36.7 Å². The van der Waals surface area contributed by atoms with Gasteiger partial charge in [-0.3, -0.25) is 4.79 Å². The number of fused-ring (bicyclic) bond motifs is 1. The summed E-state index contributed by atoms with van der Waals surface area (Å²) in [6.45, 7) is 1.42. The summed E-state index contributed by atoms with van der Waals surface area (Å²) in [5.41, 5.74) is 0.419. The lowest BCUT2D eigenvalue weighted by Crippen LogP contribution is -2.43. The average Bonchev–Trinajstić information content (AvgIpc) is 2.77. The molecule has 0 aliphatic rings. The predicted molar refractivity (Wildman–Crippen MR) is 71.7 cm³/mol. The topological polar surface area (TPSA) is 88.8 Å². The fraction of sp³-hybridized carbons (Fsp3) is 0.286. The van der Waals surface area contributed by atoms with Gasteiger partial charge in [-0.15, -0.1) is 0 Å². The molecule has 0 spiro atoms. The summed E-state index contributed by atoms with van der Waals surface area (Å²) in [4.78, 5) is 23.1. The number of carbonyl (C=O) groups is 2. The smallest absolute Gasteiger partial charge is 0.328 e. The normalized spacial score (nSPS) is 12.3. The van der Waals surface area contributed by atoms with Crippen molar-refractivity contribution in [1.82, 2.24) is 5.32 Å². The summed E-state index contributed by atoms with van der Waals surface area (Å²) in [7, 11) is 1.32. The second-order valence-corrected chi connectivity index (χ2v) is 4.49. The molecule has 2 rings (SSSR count). The quantitative estimate of drug-likeness (QED) is 0.876. The van der Waals surface area contributed by atoms with Crippen LogP contribution in [0.1, 0.15) is 16.1 Å². The van der Waals surface area contributed by atoms with Gasteiger partial charge >= 0.3 is 5.97 Å². The first kappa shape index (κ1) is 15.0. The van der Waals surface area contributed by atoms with Gasteiger partial charge in [-0.1, -0.05) is 12.1 Å². The molecule has 1 atom stereocenters. The van der Waals surface area contributed by atoms with Crippen molar-refractivity contribution in [3.8, 4) is 0 Å². The molecule has 0 fully saturated rings. The molecule has 1 heterocycles. The van der Waals surface area contributed by atoms with E-state index in [1.165, 1.54) is 19.2 Å². The number of benzene rings is 1. The third-order valence-corrected chi connectivity index (χ3v) is 3.06. The zero-order valence-corrected chi connectivity index (χ0v) is 11.5. The van der Waals surface area contributed by atoms with Gasteiger partial charge in [0.2, 0.25) is 0 Å². The molecular weight excluding hydrogens is 281 g/mol. The Hall–Kier alpha value is -2.41. The Morgan fingerprint density at radius 1 is 1.48 bits per heavy atom. The average molecular weight is 295 g/mol. The minimum atomic E-state index is -1.23. The van der Waals surface area contributed by atoms with E-state index in [1.807, 2.05) is 0 Å². The lowest BCUT2D eigenvalue weighted by Gasteiger charge is -2.12. The zero-order chi connectivity index (χ0) is 15.6. The molecule has 7 heteroatoms. The molecule has 0 aliphatic heterocycles. The highest BCUT2D eigenvalue weighted by Crippen LogP contribution is 2.27. The van der Waals surface area contributed by atoms with Crippen molar-refractivity contribution in [3.05, 3.63) is 35.3 Å². The summed E-state index contributed by atoms with van der Waals surface area (Å²) in [5, 5.41) is 11.7. The van der Waals surface area contributed by atoms with Crippen LogP contribution in [0.25, 0.3) is 11.0 Å². The molecule has 2 aromatic rings. The zero-order valence-electron chi connectivity index (χ0n) is 11.5. The Bertz CT molecular complexity index is 694. The number of aryl methyl sites for hydroxylation is 1. The first-order chi connectivity index (χ1) is 9.95. The number of carboxylic acids is 1. The number of methoxy groups -OCH3 is 1. The molecule has 0 radical (unpaired) electrons. The number of carbonyl (C=O) groups excluding carboxylic acids is 1. The molecule has 0 bridgehead atoms. The van der Waals surface area contributed by atoms with Gasteiger partial charge in [0.25, 0.3) is 5.91 Å². The molecule has 0 aliphatic carbocycles. The van der Waals surface area contributed by atoms with Gasteiger partial charge in [0.1, 0.15) is 0 Å². The Kier molecular flexibility index (Phi) is 4.23. The van der Waals surface area contributed by atoms with Crippen molar-refractivity contribution in [2.45, 2.75) is 13.0 Å². The highest BCUT2D eigenvalue weighted by atomic mass is 19.1. The molecule has 1 aromatic carbocycles. The number of furan rings is 1. The van der Waals surface area contributed by atoms with Crippen LogP contribution in [0.4, 0.5) is 4.39 Å². The third-order valence-electron chi connectivity index (χ3n) is 3.06. The van der Waals surface area contributed by atoms with Gasteiger partial charge < -0.3 is 19.6 Å².